The summed E-state index contributed by atoms with van der Waals surface area (Å²) >= 11 is 5.89. The molecule has 0 fully saturated rings. The van der Waals surface area contributed by atoms with Crippen LogP contribution in [-0.4, -0.2) is 15.0 Å². The van der Waals surface area contributed by atoms with Gasteiger partial charge in [0.05, 0.1) is 12.7 Å². The topological polar surface area (TPSA) is 56.7 Å². The number of halogens is 2. The largest absolute Gasteiger partial charge is 0.381 e. The molecule has 0 saturated carbocycles. The van der Waals surface area contributed by atoms with Crippen LogP contribution in [0.25, 0.3) is 0 Å². The molecule has 15 heavy (non-hydrogen) atoms. The van der Waals surface area contributed by atoms with Crippen molar-refractivity contribution in [2.24, 2.45) is 0 Å². The van der Waals surface area contributed by atoms with Gasteiger partial charge in [0, 0.05) is 5.02 Å². The lowest BCUT2D eigenvalue weighted by atomic mass is 10.2. The summed E-state index contributed by atoms with van der Waals surface area (Å²) in [5.74, 6) is -0.00925. The molecule has 0 bridgehead atoms. The van der Waals surface area contributed by atoms with E-state index in [1.807, 2.05) is 0 Å². The Bertz CT molecular complexity index is 483. The van der Waals surface area contributed by atoms with Crippen LogP contribution >= 0.6 is 11.6 Å². The van der Waals surface area contributed by atoms with Gasteiger partial charge in [-0.15, -0.1) is 5.10 Å². The first-order valence-corrected chi connectivity index (χ1v) is 4.62. The third kappa shape index (κ3) is 2.24. The number of benzene rings is 1. The molecule has 1 aromatic carbocycles. The van der Waals surface area contributed by atoms with Gasteiger partial charge in [0.2, 0.25) is 0 Å². The van der Waals surface area contributed by atoms with Crippen LogP contribution in [0.4, 0.5) is 10.2 Å². The number of nitrogens with two attached hydrogens (primary N) is 1. The molecule has 0 atom stereocenters. The first-order valence-electron chi connectivity index (χ1n) is 4.24. The fraction of sp³-hybridized carbons (Fsp3) is 0.111. The smallest absolute Gasteiger partial charge is 0.165 e. The van der Waals surface area contributed by atoms with Gasteiger partial charge in [-0.3, -0.25) is 0 Å². The van der Waals surface area contributed by atoms with Gasteiger partial charge in [-0.25, -0.2) is 9.07 Å². The van der Waals surface area contributed by atoms with Crippen molar-refractivity contribution in [2.45, 2.75) is 6.54 Å². The van der Waals surface area contributed by atoms with Crippen molar-refractivity contribution in [2.75, 3.05) is 5.73 Å². The summed E-state index contributed by atoms with van der Waals surface area (Å²) in [6.45, 7) is 0.348. The lowest BCUT2D eigenvalue weighted by Gasteiger charge is -2.03. The second kappa shape index (κ2) is 3.86. The Morgan fingerprint density at radius 1 is 1.47 bits per heavy atom. The molecule has 0 aliphatic heterocycles. The Morgan fingerprint density at radius 3 is 2.93 bits per heavy atom. The Kier molecular flexibility index (Phi) is 2.55. The van der Waals surface area contributed by atoms with Crippen molar-refractivity contribution in [3.05, 3.63) is 40.8 Å². The summed E-state index contributed by atoms with van der Waals surface area (Å²) in [5, 5.41) is 7.85. The molecule has 0 unspecified atom stereocenters. The maximum atomic E-state index is 12.9. The summed E-state index contributed by atoms with van der Waals surface area (Å²) in [4.78, 5) is 0. The Morgan fingerprint density at radius 2 is 2.27 bits per heavy atom. The number of aromatic nitrogens is 3. The molecule has 78 valence electrons. The highest BCUT2D eigenvalue weighted by atomic mass is 35.5. The molecule has 1 heterocycles. The van der Waals surface area contributed by atoms with Crippen molar-refractivity contribution < 1.29 is 4.39 Å². The standard InChI is InChI=1S/C9H8ClFN4/c10-8-2-1-7(11)3-6(8)4-15-5-9(12)13-14-15/h1-3,5H,4,12H2. The third-order valence-electron chi connectivity index (χ3n) is 1.90. The summed E-state index contributed by atoms with van der Waals surface area (Å²) in [5.41, 5.74) is 6.04. The van der Waals surface area contributed by atoms with Gasteiger partial charge in [-0.2, -0.15) is 0 Å². The van der Waals surface area contributed by atoms with Crippen LogP contribution in [0.5, 0.6) is 0 Å². The first-order chi connectivity index (χ1) is 7.15. The predicted molar refractivity (Wildman–Crippen MR) is 54.9 cm³/mol. The van der Waals surface area contributed by atoms with Crippen LogP contribution < -0.4 is 5.73 Å². The number of hydrogen-bond donors (Lipinski definition) is 1. The van der Waals surface area contributed by atoms with Crippen molar-refractivity contribution in [1.82, 2.24) is 15.0 Å². The second-order valence-electron chi connectivity index (χ2n) is 3.08. The Labute approximate surface area is 90.5 Å². The maximum Gasteiger partial charge on any atom is 0.165 e. The van der Waals surface area contributed by atoms with Crippen molar-refractivity contribution >= 4 is 17.4 Å². The van der Waals surface area contributed by atoms with E-state index in [0.717, 1.165) is 0 Å². The van der Waals surface area contributed by atoms with Crippen LogP contribution in [0.15, 0.2) is 24.4 Å². The average Bonchev–Trinajstić information content (AvgIpc) is 2.58. The van der Waals surface area contributed by atoms with Crippen LogP contribution in [0, 0.1) is 5.82 Å². The van der Waals surface area contributed by atoms with E-state index in [1.54, 1.807) is 6.20 Å². The summed E-state index contributed by atoms with van der Waals surface area (Å²) in [6, 6.07) is 4.17. The Balaban J connectivity index is 2.27. The number of anilines is 1. The van der Waals surface area contributed by atoms with Crippen molar-refractivity contribution in [3.63, 3.8) is 0 Å². The molecule has 0 aliphatic rings. The molecular weight excluding hydrogens is 219 g/mol. The molecular formula is C9H8ClFN4. The fourth-order valence-electron chi connectivity index (χ4n) is 1.23. The highest BCUT2D eigenvalue weighted by Crippen LogP contribution is 2.17. The zero-order valence-corrected chi connectivity index (χ0v) is 8.45. The van der Waals surface area contributed by atoms with E-state index in [4.69, 9.17) is 17.3 Å². The lowest BCUT2D eigenvalue weighted by molar-refractivity contribution is 0.614. The molecule has 0 amide bonds. The van der Waals surface area contributed by atoms with Gasteiger partial charge in [0.1, 0.15) is 5.82 Å². The maximum absolute atomic E-state index is 12.9. The quantitative estimate of drug-likeness (QED) is 0.848. The number of rotatable bonds is 2. The molecule has 6 heteroatoms. The van der Waals surface area contributed by atoms with E-state index in [2.05, 4.69) is 10.3 Å². The highest BCUT2D eigenvalue weighted by molar-refractivity contribution is 6.31. The lowest BCUT2D eigenvalue weighted by Crippen LogP contribution is -2.01. The number of nitrogen functional groups attached to an aromatic ring is 1. The SMILES string of the molecule is Nc1cn(Cc2cc(F)ccc2Cl)nn1. The minimum absolute atomic E-state index is 0.322. The van der Waals surface area contributed by atoms with Gasteiger partial charge >= 0.3 is 0 Å². The van der Waals surface area contributed by atoms with Gasteiger partial charge < -0.3 is 5.73 Å². The average molecular weight is 227 g/mol. The molecule has 2 rings (SSSR count). The monoisotopic (exact) mass is 226 g/mol. The predicted octanol–water partition coefficient (Wildman–Crippen LogP) is 1.70. The van der Waals surface area contributed by atoms with E-state index in [1.165, 1.54) is 22.9 Å². The molecule has 2 aromatic rings. The van der Waals surface area contributed by atoms with Crippen LogP contribution in [0.1, 0.15) is 5.56 Å². The molecule has 0 aliphatic carbocycles. The van der Waals surface area contributed by atoms with E-state index in [9.17, 15) is 4.39 Å². The molecule has 2 N–H and O–H groups in total. The van der Waals surface area contributed by atoms with Gasteiger partial charge in [0.25, 0.3) is 0 Å². The zero-order valence-electron chi connectivity index (χ0n) is 7.69. The van der Waals surface area contributed by atoms with Crippen LogP contribution in [-0.2, 0) is 6.54 Å². The summed E-state index contributed by atoms with van der Waals surface area (Å²) < 4.78 is 14.4. The zero-order chi connectivity index (χ0) is 10.8. The van der Waals surface area contributed by atoms with Gasteiger partial charge in [-0.1, -0.05) is 16.8 Å². The van der Waals surface area contributed by atoms with Gasteiger partial charge in [-0.05, 0) is 23.8 Å². The summed E-state index contributed by atoms with van der Waals surface area (Å²) in [6.07, 6.45) is 1.56. The van der Waals surface area contributed by atoms with E-state index >= 15 is 0 Å². The molecule has 1 aromatic heterocycles. The Hall–Kier alpha value is -1.62. The van der Waals surface area contributed by atoms with Crippen molar-refractivity contribution in [3.8, 4) is 0 Å². The van der Waals surface area contributed by atoms with E-state index in [-0.39, 0.29) is 5.82 Å². The highest BCUT2D eigenvalue weighted by Gasteiger charge is 2.04. The van der Waals surface area contributed by atoms with E-state index in [0.29, 0.717) is 22.9 Å². The normalized spacial score (nSPS) is 10.5. The van der Waals surface area contributed by atoms with Crippen LogP contribution in [0.2, 0.25) is 5.02 Å². The first kappa shape index (κ1) is 9.92. The molecule has 4 nitrogen and oxygen atoms in total. The minimum Gasteiger partial charge on any atom is -0.381 e. The molecule has 0 spiro atoms. The second-order valence-corrected chi connectivity index (χ2v) is 3.48. The number of hydrogen-bond acceptors (Lipinski definition) is 3. The number of nitrogens with zero attached hydrogens (tertiary/aromatic N) is 3. The molecule has 0 saturated heterocycles. The third-order valence-corrected chi connectivity index (χ3v) is 2.27. The fourth-order valence-corrected chi connectivity index (χ4v) is 1.41. The van der Waals surface area contributed by atoms with Crippen molar-refractivity contribution in [1.29, 1.82) is 0 Å². The molecule has 0 radical (unpaired) electrons. The van der Waals surface area contributed by atoms with Gasteiger partial charge in [0.15, 0.2) is 5.82 Å². The van der Waals surface area contributed by atoms with Crippen LogP contribution in [0.3, 0.4) is 0 Å². The van der Waals surface area contributed by atoms with E-state index < -0.39 is 0 Å². The minimum atomic E-state index is -0.331. The summed E-state index contributed by atoms with van der Waals surface area (Å²) in [7, 11) is 0.